The van der Waals surface area contributed by atoms with E-state index < -0.39 is 23.2 Å². The Morgan fingerprint density at radius 2 is 1.59 bits per heavy atom. The molecule has 0 bridgehead atoms. The molecule has 0 saturated carbocycles. The van der Waals surface area contributed by atoms with Gasteiger partial charge in [-0.15, -0.1) is 0 Å². The number of para-hydroxylation sites is 1. The molecule has 0 radical (unpaired) electrons. The summed E-state index contributed by atoms with van der Waals surface area (Å²) in [6, 6.07) is 12.9. The molecule has 27 heavy (non-hydrogen) atoms. The second-order valence-corrected chi connectivity index (χ2v) is 5.75. The van der Waals surface area contributed by atoms with Crippen LogP contribution in [0.5, 0.6) is 0 Å². The van der Waals surface area contributed by atoms with Crippen LogP contribution >= 0.6 is 0 Å². The summed E-state index contributed by atoms with van der Waals surface area (Å²) in [6.45, 7) is 0.458. The molecule has 0 aliphatic rings. The number of halogens is 3. The van der Waals surface area contributed by atoms with Crippen molar-refractivity contribution in [3.8, 4) is 0 Å². The third-order valence-electron chi connectivity index (χ3n) is 3.89. The van der Waals surface area contributed by atoms with E-state index in [2.05, 4.69) is 15.6 Å². The number of carbonyl (C=O) groups is 1. The summed E-state index contributed by atoms with van der Waals surface area (Å²) in [6.07, 6.45) is 1.77. The maximum absolute atomic E-state index is 13.6. The monoisotopic (exact) mass is 371 g/mol. The van der Waals surface area contributed by atoms with Gasteiger partial charge in [-0.3, -0.25) is 4.79 Å². The average molecular weight is 371 g/mol. The van der Waals surface area contributed by atoms with Crippen LogP contribution < -0.4 is 10.6 Å². The first-order valence-corrected chi connectivity index (χ1v) is 8.23. The fourth-order valence-electron chi connectivity index (χ4n) is 2.46. The van der Waals surface area contributed by atoms with Crippen molar-refractivity contribution in [2.75, 3.05) is 17.2 Å². The van der Waals surface area contributed by atoms with Gasteiger partial charge in [0.2, 0.25) is 0 Å². The Bertz CT molecular complexity index is 925. The van der Waals surface area contributed by atoms with Crippen molar-refractivity contribution in [1.29, 1.82) is 0 Å². The molecule has 0 fully saturated rings. The van der Waals surface area contributed by atoms with E-state index in [0.717, 1.165) is 12.1 Å². The Kier molecular flexibility index (Phi) is 5.71. The van der Waals surface area contributed by atoms with Gasteiger partial charge in [-0.25, -0.2) is 18.2 Å². The van der Waals surface area contributed by atoms with E-state index in [4.69, 9.17) is 0 Å². The van der Waals surface area contributed by atoms with Crippen LogP contribution in [0.4, 0.5) is 24.7 Å². The van der Waals surface area contributed by atoms with Crippen LogP contribution in [-0.2, 0) is 6.42 Å². The van der Waals surface area contributed by atoms with Crippen LogP contribution in [0.25, 0.3) is 0 Å². The SMILES string of the molecule is O=C(Nc1c(F)cccc1F)c1ccc(NCCc2ccccc2F)nc1. The minimum absolute atomic E-state index is 0.150. The number of hydrogen-bond donors (Lipinski definition) is 2. The fraction of sp³-hybridized carbons (Fsp3) is 0.100. The molecule has 0 saturated heterocycles. The number of aromatic nitrogens is 1. The lowest BCUT2D eigenvalue weighted by molar-refractivity contribution is 0.102. The van der Waals surface area contributed by atoms with Gasteiger partial charge in [-0.05, 0) is 42.3 Å². The smallest absolute Gasteiger partial charge is 0.257 e. The van der Waals surface area contributed by atoms with E-state index in [0.29, 0.717) is 24.3 Å². The average Bonchev–Trinajstić information content (AvgIpc) is 2.67. The molecule has 0 atom stereocenters. The quantitative estimate of drug-likeness (QED) is 0.675. The molecule has 0 aliphatic carbocycles. The summed E-state index contributed by atoms with van der Waals surface area (Å²) in [5.41, 5.74) is 0.236. The number of amides is 1. The van der Waals surface area contributed by atoms with Crippen LogP contribution in [0, 0.1) is 17.5 Å². The van der Waals surface area contributed by atoms with Crippen molar-refractivity contribution >= 4 is 17.4 Å². The molecule has 2 aromatic carbocycles. The largest absolute Gasteiger partial charge is 0.370 e. The van der Waals surface area contributed by atoms with E-state index in [1.54, 1.807) is 24.3 Å². The zero-order chi connectivity index (χ0) is 19.2. The first kappa shape index (κ1) is 18.4. The van der Waals surface area contributed by atoms with Crippen LogP contribution in [0.3, 0.4) is 0 Å². The Balaban J connectivity index is 1.58. The van der Waals surface area contributed by atoms with Gasteiger partial charge in [0, 0.05) is 12.7 Å². The number of carbonyl (C=O) groups excluding carboxylic acids is 1. The zero-order valence-electron chi connectivity index (χ0n) is 14.2. The first-order valence-electron chi connectivity index (χ1n) is 8.23. The maximum Gasteiger partial charge on any atom is 0.257 e. The minimum Gasteiger partial charge on any atom is -0.370 e. The summed E-state index contributed by atoms with van der Waals surface area (Å²) < 4.78 is 40.7. The number of anilines is 2. The van der Waals surface area contributed by atoms with Gasteiger partial charge in [0.1, 0.15) is 29.0 Å². The Morgan fingerprint density at radius 3 is 2.26 bits per heavy atom. The summed E-state index contributed by atoms with van der Waals surface area (Å²) in [5, 5.41) is 5.22. The van der Waals surface area contributed by atoms with E-state index in [1.165, 1.54) is 24.4 Å². The number of hydrogen-bond acceptors (Lipinski definition) is 3. The lowest BCUT2D eigenvalue weighted by atomic mass is 10.1. The molecule has 0 spiro atoms. The summed E-state index contributed by atoms with van der Waals surface area (Å²) in [7, 11) is 0. The maximum atomic E-state index is 13.6. The first-order chi connectivity index (χ1) is 13.0. The van der Waals surface area contributed by atoms with E-state index in [-0.39, 0.29) is 11.4 Å². The lowest BCUT2D eigenvalue weighted by Gasteiger charge is -2.09. The van der Waals surface area contributed by atoms with Crippen molar-refractivity contribution in [3.63, 3.8) is 0 Å². The third-order valence-corrected chi connectivity index (χ3v) is 3.89. The molecule has 1 amide bonds. The molecular formula is C20H16F3N3O. The molecule has 3 aromatic rings. The predicted octanol–water partition coefficient (Wildman–Crippen LogP) is 4.41. The summed E-state index contributed by atoms with van der Waals surface area (Å²) in [5.74, 6) is -2.16. The Hall–Kier alpha value is -3.35. The molecular weight excluding hydrogens is 355 g/mol. The lowest BCUT2D eigenvalue weighted by Crippen LogP contribution is -2.15. The number of rotatable bonds is 6. The molecule has 3 rings (SSSR count). The van der Waals surface area contributed by atoms with Gasteiger partial charge >= 0.3 is 0 Å². The van der Waals surface area contributed by atoms with Crippen molar-refractivity contribution < 1.29 is 18.0 Å². The number of pyridine rings is 1. The Morgan fingerprint density at radius 1 is 0.889 bits per heavy atom. The number of benzene rings is 2. The van der Waals surface area contributed by atoms with E-state index in [1.807, 2.05) is 0 Å². The topological polar surface area (TPSA) is 54.0 Å². The highest BCUT2D eigenvalue weighted by Gasteiger charge is 2.13. The molecule has 138 valence electrons. The normalized spacial score (nSPS) is 10.5. The van der Waals surface area contributed by atoms with Crippen molar-refractivity contribution in [1.82, 2.24) is 4.98 Å². The van der Waals surface area contributed by atoms with Gasteiger partial charge in [0.05, 0.1) is 5.56 Å². The van der Waals surface area contributed by atoms with Crippen LogP contribution in [0.15, 0.2) is 60.8 Å². The second kappa shape index (κ2) is 8.35. The minimum atomic E-state index is -0.859. The molecule has 7 heteroatoms. The third kappa shape index (κ3) is 4.63. The predicted molar refractivity (Wildman–Crippen MR) is 97.1 cm³/mol. The van der Waals surface area contributed by atoms with Crippen LogP contribution in [0.1, 0.15) is 15.9 Å². The van der Waals surface area contributed by atoms with Crippen molar-refractivity contribution in [2.45, 2.75) is 6.42 Å². The molecule has 0 aliphatic heterocycles. The molecule has 2 N–H and O–H groups in total. The highest BCUT2D eigenvalue weighted by Crippen LogP contribution is 2.19. The van der Waals surface area contributed by atoms with Gasteiger partial charge in [-0.2, -0.15) is 0 Å². The highest BCUT2D eigenvalue weighted by molar-refractivity contribution is 6.04. The van der Waals surface area contributed by atoms with Crippen LogP contribution in [-0.4, -0.2) is 17.4 Å². The number of nitrogens with zero attached hydrogens (tertiary/aromatic N) is 1. The van der Waals surface area contributed by atoms with Crippen molar-refractivity contribution in [2.24, 2.45) is 0 Å². The molecule has 4 nitrogen and oxygen atoms in total. The van der Waals surface area contributed by atoms with Crippen LogP contribution in [0.2, 0.25) is 0 Å². The van der Waals surface area contributed by atoms with Crippen molar-refractivity contribution in [3.05, 3.63) is 89.4 Å². The Labute approximate surface area is 154 Å². The van der Waals surface area contributed by atoms with E-state index in [9.17, 15) is 18.0 Å². The highest BCUT2D eigenvalue weighted by atomic mass is 19.1. The summed E-state index contributed by atoms with van der Waals surface area (Å²) in [4.78, 5) is 16.2. The fourth-order valence-corrected chi connectivity index (χ4v) is 2.46. The van der Waals surface area contributed by atoms with Gasteiger partial charge in [0.15, 0.2) is 0 Å². The van der Waals surface area contributed by atoms with Gasteiger partial charge in [-0.1, -0.05) is 24.3 Å². The van der Waals surface area contributed by atoms with E-state index >= 15 is 0 Å². The van der Waals surface area contributed by atoms with Gasteiger partial charge in [0.25, 0.3) is 5.91 Å². The summed E-state index contributed by atoms with van der Waals surface area (Å²) >= 11 is 0. The van der Waals surface area contributed by atoms with Gasteiger partial charge < -0.3 is 10.6 Å². The standard InChI is InChI=1S/C20H16F3N3O/c21-15-5-2-1-4-13(15)10-11-24-18-9-8-14(12-25-18)20(27)26-19-16(22)6-3-7-17(19)23/h1-9,12H,10-11H2,(H,24,25)(H,26,27). The molecule has 1 aromatic heterocycles. The molecule has 0 unspecified atom stereocenters. The second-order valence-electron chi connectivity index (χ2n) is 5.75. The zero-order valence-corrected chi connectivity index (χ0v) is 14.2. The molecule has 1 heterocycles. The number of nitrogens with one attached hydrogen (secondary N) is 2.